The van der Waals surface area contributed by atoms with E-state index in [0.29, 0.717) is 11.3 Å². The molecule has 0 amide bonds. The quantitative estimate of drug-likeness (QED) is 0.895. The van der Waals surface area contributed by atoms with Crippen molar-refractivity contribution in [1.29, 1.82) is 0 Å². The summed E-state index contributed by atoms with van der Waals surface area (Å²) in [5.74, 6) is 0.0724. The van der Waals surface area contributed by atoms with Crippen LogP contribution in [0.4, 0.5) is 0 Å². The van der Waals surface area contributed by atoms with Gasteiger partial charge >= 0.3 is 0 Å². The van der Waals surface area contributed by atoms with Gasteiger partial charge in [-0.25, -0.2) is 8.42 Å². The lowest BCUT2D eigenvalue weighted by Gasteiger charge is -2.28. The molecule has 2 aromatic carbocycles. The molecular weight excluding hydrogens is 324 g/mol. The highest BCUT2D eigenvalue weighted by Crippen LogP contribution is 2.64. The molecule has 1 unspecified atom stereocenters. The van der Waals surface area contributed by atoms with Crippen LogP contribution in [-0.2, 0) is 9.84 Å². The monoisotopic (exact) mass is 340 g/mol. The molecule has 0 aliphatic carbocycles. The van der Waals surface area contributed by atoms with Gasteiger partial charge in [0.1, 0.15) is 15.9 Å². The topological polar surface area (TPSA) is 83.8 Å². The number of fused-ring (bicyclic) bond motifs is 1. The van der Waals surface area contributed by atoms with Crippen molar-refractivity contribution in [2.24, 2.45) is 0 Å². The first-order valence-corrected chi connectivity index (χ1v) is 9.86. The van der Waals surface area contributed by atoms with Crippen LogP contribution >= 0.6 is 10.6 Å². The number of hydrogen-bond acceptors (Lipinski definition) is 5. The summed E-state index contributed by atoms with van der Waals surface area (Å²) in [6, 6.07) is 12.9. The van der Waals surface area contributed by atoms with Crippen LogP contribution in [0, 0.1) is 0 Å². The third kappa shape index (κ3) is 2.30. The van der Waals surface area contributed by atoms with Crippen LogP contribution in [0.3, 0.4) is 0 Å². The molecule has 3 rings (SSSR count). The van der Waals surface area contributed by atoms with Gasteiger partial charge < -0.3 is 4.74 Å². The van der Waals surface area contributed by atoms with E-state index in [4.69, 9.17) is 4.74 Å². The Hall–Kier alpha value is -1.54. The van der Waals surface area contributed by atoms with Crippen molar-refractivity contribution in [3.05, 3.63) is 54.1 Å². The van der Waals surface area contributed by atoms with E-state index in [1.54, 1.807) is 36.4 Å². The molecule has 5 nitrogen and oxygen atoms in total. The van der Waals surface area contributed by atoms with E-state index in [9.17, 15) is 17.5 Å². The molecule has 22 heavy (non-hydrogen) atoms. The highest BCUT2D eigenvalue weighted by Gasteiger charge is 2.44. The molecule has 0 spiro atoms. The number of benzene rings is 2. The first-order chi connectivity index (χ1) is 10.4. The second-order valence-corrected chi connectivity index (χ2v) is 9.26. The standard InChI is InChI=1S/C15H16O5S2/c1-20-13-9-5-8-12-14(10-21(16,17)15(12)13)22(18,19)11-6-3-2-4-7-11/h2-9,14,16-17H,10H2,1H3. The molecule has 2 aromatic rings. The summed E-state index contributed by atoms with van der Waals surface area (Å²) < 4.78 is 51.5. The zero-order valence-corrected chi connectivity index (χ0v) is 13.5. The van der Waals surface area contributed by atoms with Crippen LogP contribution in [0.1, 0.15) is 10.8 Å². The van der Waals surface area contributed by atoms with E-state index >= 15 is 0 Å². The molecule has 0 bridgehead atoms. The fourth-order valence-corrected chi connectivity index (χ4v) is 7.30. The van der Waals surface area contributed by atoms with Crippen molar-refractivity contribution >= 4 is 20.4 Å². The van der Waals surface area contributed by atoms with Crippen LogP contribution in [0.15, 0.2) is 58.3 Å². The minimum absolute atomic E-state index is 0.172. The van der Waals surface area contributed by atoms with Gasteiger partial charge in [0.2, 0.25) is 0 Å². The Morgan fingerprint density at radius 2 is 1.77 bits per heavy atom. The number of ether oxygens (including phenoxy) is 1. The van der Waals surface area contributed by atoms with Crippen molar-refractivity contribution in [2.75, 3.05) is 12.9 Å². The normalized spacial score (nSPS) is 21.1. The fourth-order valence-electron chi connectivity index (χ4n) is 2.71. The molecule has 0 radical (unpaired) electrons. The maximum absolute atomic E-state index is 12.8. The van der Waals surface area contributed by atoms with E-state index in [0.717, 1.165) is 0 Å². The Morgan fingerprint density at radius 3 is 2.41 bits per heavy atom. The Bertz CT molecular complexity index is 800. The van der Waals surface area contributed by atoms with E-state index in [1.807, 2.05) is 0 Å². The molecule has 0 saturated heterocycles. The average Bonchev–Trinajstić information content (AvgIpc) is 2.81. The van der Waals surface area contributed by atoms with Crippen LogP contribution in [0.2, 0.25) is 0 Å². The Morgan fingerprint density at radius 1 is 1.09 bits per heavy atom. The van der Waals surface area contributed by atoms with Crippen LogP contribution in [0.5, 0.6) is 5.75 Å². The third-order valence-corrected chi connectivity index (χ3v) is 7.93. The van der Waals surface area contributed by atoms with E-state index in [2.05, 4.69) is 0 Å². The lowest BCUT2D eigenvalue weighted by Crippen LogP contribution is -2.15. The van der Waals surface area contributed by atoms with Crippen molar-refractivity contribution in [3.8, 4) is 5.75 Å². The van der Waals surface area contributed by atoms with Gasteiger partial charge in [0.05, 0.1) is 17.8 Å². The van der Waals surface area contributed by atoms with Gasteiger partial charge in [0.15, 0.2) is 9.84 Å². The summed E-state index contributed by atoms with van der Waals surface area (Å²) in [5, 5.41) is -0.981. The predicted molar refractivity (Wildman–Crippen MR) is 85.3 cm³/mol. The van der Waals surface area contributed by atoms with Crippen molar-refractivity contribution < 1.29 is 22.3 Å². The zero-order chi connectivity index (χ0) is 16.0. The summed E-state index contributed by atoms with van der Waals surface area (Å²) >= 11 is 0. The van der Waals surface area contributed by atoms with Crippen molar-refractivity contribution in [3.63, 3.8) is 0 Å². The van der Waals surface area contributed by atoms with Gasteiger partial charge in [0, 0.05) is 0 Å². The van der Waals surface area contributed by atoms with Crippen LogP contribution in [0.25, 0.3) is 0 Å². The Labute approximate surface area is 130 Å². The zero-order valence-electron chi connectivity index (χ0n) is 11.8. The maximum atomic E-state index is 12.8. The van der Waals surface area contributed by atoms with E-state index < -0.39 is 25.7 Å². The molecule has 1 aliphatic heterocycles. The first-order valence-electron chi connectivity index (χ1n) is 6.60. The molecule has 0 aromatic heterocycles. The average molecular weight is 340 g/mol. The lowest BCUT2D eigenvalue weighted by atomic mass is 10.1. The fraction of sp³-hybridized carbons (Fsp3) is 0.200. The summed E-state index contributed by atoms with van der Waals surface area (Å²) in [7, 11) is -5.47. The van der Waals surface area contributed by atoms with Crippen LogP contribution in [-0.4, -0.2) is 30.4 Å². The predicted octanol–water partition coefficient (Wildman–Crippen LogP) is 3.33. The van der Waals surface area contributed by atoms with E-state index in [1.165, 1.54) is 19.2 Å². The first kappa shape index (κ1) is 15.4. The molecule has 0 fully saturated rings. The van der Waals surface area contributed by atoms with Gasteiger partial charge in [-0.2, -0.15) is 10.6 Å². The number of rotatable bonds is 3. The van der Waals surface area contributed by atoms with Gasteiger partial charge in [-0.1, -0.05) is 30.3 Å². The number of methoxy groups -OCH3 is 1. The Kier molecular flexibility index (Phi) is 3.68. The SMILES string of the molecule is COc1cccc2c1S(O)(O)CC2S(=O)(=O)c1ccccc1. The molecule has 2 N–H and O–H groups in total. The minimum Gasteiger partial charge on any atom is -0.495 e. The minimum atomic E-state index is -3.70. The van der Waals surface area contributed by atoms with Gasteiger partial charge in [0.25, 0.3) is 0 Å². The highest BCUT2D eigenvalue weighted by atomic mass is 32.3. The smallest absolute Gasteiger partial charge is 0.187 e. The largest absolute Gasteiger partial charge is 0.495 e. The summed E-state index contributed by atoms with van der Waals surface area (Å²) in [6.07, 6.45) is 0. The Balaban J connectivity index is 2.18. The lowest BCUT2D eigenvalue weighted by molar-refractivity contribution is 0.398. The molecular formula is C15H16O5S2. The molecule has 1 aliphatic rings. The second kappa shape index (κ2) is 5.27. The molecule has 1 atom stereocenters. The van der Waals surface area contributed by atoms with Gasteiger partial charge in [-0.3, -0.25) is 9.11 Å². The molecule has 0 saturated carbocycles. The van der Waals surface area contributed by atoms with Crippen molar-refractivity contribution in [2.45, 2.75) is 15.0 Å². The maximum Gasteiger partial charge on any atom is 0.187 e. The summed E-state index contributed by atoms with van der Waals surface area (Å²) in [6.45, 7) is 0. The number of hydrogen-bond donors (Lipinski definition) is 2. The molecule has 118 valence electrons. The van der Waals surface area contributed by atoms with E-state index in [-0.39, 0.29) is 15.5 Å². The van der Waals surface area contributed by atoms with Crippen LogP contribution < -0.4 is 4.74 Å². The second-order valence-electron chi connectivity index (χ2n) is 5.06. The third-order valence-electron chi connectivity index (χ3n) is 3.73. The summed E-state index contributed by atoms with van der Waals surface area (Å²) in [4.78, 5) is 0.382. The number of sulfone groups is 1. The summed E-state index contributed by atoms with van der Waals surface area (Å²) in [5.41, 5.74) is 0.406. The van der Waals surface area contributed by atoms with Gasteiger partial charge in [-0.05, 0) is 23.8 Å². The highest BCUT2D eigenvalue weighted by molar-refractivity contribution is 8.25. The molecule has 7 heteroatoms. The molecule has 1 heterocycles. The van der Waals surface area contributed by atoms with Gasteiger partial charge in [-0.15, -0.1) is 0 Å². The van der Waals surface area contributed by atoms with Crippen molar-refractivity contribution in [1.82, 2.24) is 0 Å².